The summed E-state index contributed by atoms with van der Waals surface area (Å²) in [5.41, 5.74) is 1.73. The van der Waals surface area contributed by atoms with E-state index < -0.39 is 18.2 Å². The summed E-state index contributed by atoms with van der Waals surface area (Å²) < 4.78 is 42.8. The van der Waals surface area contributed by atoms with Crippen molar-refractivity contribution in [2.24, 2.45) is 5.92 Å². The number of hydrogen-bond donors (Lipinski definition) is 2. The second-order valence-corrected chi connectivity index (χ2v) is 9.72. The van der Waals surface area contributed by atoms with Crippen molar-refractivity contribution in [1.82, 2.24) is 15.4 Å². The van der Waals surface area contributed by atoms with Crippen LogP contribution in [0.4, 0.5) is 13.2 Å². The molecule has 1 aliphatic heterocycles. The van der Waals surface area contributed by atoms with Crippen LogP contribution in [0.25, 0.3) is 11.0 Å². The molecule has 1 saturated heterocycles. The third-order valence-corrected chi connectivity index (χ3v) is 7.28. The Morgan fingerprint density at radius 3 is 2.58 bits per heavy atom. The van der Waals surface area contributed by atoms with Gasteiger partial charge in [-0.15, -0.1) is 0 Å². The Bertz CT molecular complexity index is 951. The fourth-order valence-corrected chi connectivity index (χ4v) is 5.21. The van der Waals surface area contributed by atoms with Crippen LogP contribution in [-0.2, 0) is 4.79 Å². The Morgan fingerprint density at radius 2 is 1.91 bits per heavy atom. The first-order valence-corrected chi connectivity index (χ1v) is 11.9. The van der Waals surface area contributed by atoms with E-state index in [1.54, 1.807) is 6.07 Å². The average molecular weight is 488 g/mol. The second kappa shape index (κ2) is 10.2. The van der Waals surface area contributed by atoms with Crippen LogP contribution in [0.5, 0.6) is 0 Å². The highest BCUT2D eigenvalue weighted by molar-refractivity contribution is 6.31. The smallest absolute Gasteiger partial charge is 0.376 e. The summed E-state index contributed by atoms with van der Waals surface area (Å²) in [5, 5.41) is 17.4. The minimum Gasteiger partial charge on any atom is -0.376 e. The van der Waals surface area contributed by atoms with Crippen LogP contribution in [0.15, 0.2) is 22.7 Å². The maximum atomic E-state index is 12.5. The Hall–Kier alpha value is -1.84. The predicted molar refractivity (Wildman–Crippen MR) is 118 cm³/mol. The van der Waals surface area contributed by atoms with E-state index in [0.29, 0.717) is 29.7 Å². The number of rotatable bonds is 6. The van der Waals surface area contributed by atoms with Crippen LogP contribution >= 0.6 is 11.6 Å². The molecule has 2 N–H and O–H groups in total. The lowest BCUT2D eigenvalue weighted by Gasteiger charge is -2.34. The summed E-state index contributed by atoms with van der Waals surface area (Å²) in [5.74, 6) is -0.473. The summed E-state index contributed by atoms with van der Waals surface area (Å²) in [4.78, 5) is 14.0. The number of nitrogens with one attached hydrogen (secondary N) is 1. The van der Waals surface area contributed by atoms with Gasteiger partial charge in [-0.1, -0.05) is 16.8 Å². The van der Waals surface area contributed by atoms with Crippen molar-refractivity contribution < 1.29 is 27.6 Å². The van der Waals surface area contributed by atoms with Gasteiger partial charge in [0, 0.05) is 28.4 Å². The Kier molecular flexibility index (Phi) is 7.50. The second-order valence-electron chi connectivity index (χ2n) is 9.28. The van der Waals surface area contributed by atoms with Gasteiger partial charge in [-0.05, 0) is 82.6 Å². The zero-order valence-corrected chi connectivity index (χ0v) is 19.0. The first kappa shape index (κ1) is 24.3. The SMILES string of the molecule is O=C(NC1CCC(CCN2CCC(c3noc4cc(Cl)ccc34)CC2)CC1)C(O)C(F)(F)F. The van der Waals surface area contributed by atoms with E-state index in [9.17, 15) is 18.0 Å². The van der Waals surface area contributed by atoms with Crippen molar-refractivity contribution >= 4 is 28.5 Å². The van der Waals surface area contributed by atoms with Gasteiger partial charge in [0.1, 0.15) is 0 Å². The van der Waals surface area contributed by atoms with E-state index in [1.807, 2.05) is 12.1 Å². The highest BCUT2D eigenvalue weighted by atomic mass is 35.5. The molecule has 2 aliphatic rings. The van der Waals surface area contributed by atoms with E-state index >= 15 is 0 Å². The van der Waals surface area contributed by atoms with Gasteiger partial charge >= 0.3 is 6.18 Å². The number of carbonyl (C=O) groups excluding carboxylic acids is 1. The van der Waals surface area contributed by atoms with Crippen LogP contribution in [0.3, 0.4) is 0 Å². The third-order valence-electron chi connectivity index (χ3n) is 7.04. The van der Waals surface area contributed by atoms with Crippen LogP contribution in [0.1, 0.15) is 56.6 Å². The number of fused-ring (bicyclic) bond motifs is 1. The molecular weight excluding hydrogens is 459 g/mol. The molecule has 1 aliphatic carbocycles. The predicted octanol–water partition coefficient (Wildman–Crippen LogP) is 4.65. The molecule has 2 aromatic rings. The van der Waals surface area contributed by atoms with Crippen molar-refractivity contribution in [3.05, 3.63) is 28.9 Å². The number of aliphatic hydroxyl groups excluding tert-OH is 1. The zero-order chi connectivity index (χ0) is 23.6. The van der Waals surface area contributed by atoms with Gasteiger partial charge in [0.25, 0.3) is 5.91 Å². The van der Waals surface area contributed by atoms with Gasteiger partial charge in [0.05, 0.1) is 5.69 Å². The number of nitrogens with zero attached hydrogens (tertiary/aromatic N) is 2. The van der Waals surface area contributed by atoms with E-state index in [2.05, 4.69) is 15.4 Å². The van der Waals surface area contributed by atoms with Gasteiger partial charge in [-0.3, -0.25) is 4.79 Å². The summed E-state index contributed by atoms with van der Waals surface area (Å²) in [7, 11) is 0. The lowest BCUT2D eigenvalue weighted by Crippen LogP contribution is -2.48. The number of alkyl halides is 3. The van der Waals surface area contributed by atoms with Gasteiger partial charge < -0.3 is 19.8 Å². The molecule has 4 rings (SSSR count). The summed E-state index contributed by atoms with van der Waals surface area (Å²) >= 11 is 6.03. The Morgan fingerprint density at radius 1 is 1.21 bits per heavy atom. The quantitative estimate of drug-likeness (QED) is 0.620. The largest absolute Gasteiger partial charge is 0.423 e. The topological polar surface area (TPSA) is 78.6 Å². The van der Waals surface area contributed by atoms with Crippen LogP contribution in [0, 0.1) is 5.92 Å². The van der Waals surface area contributed by atoms with E-state index in [-0.39, 0.29) is 6.04 Å². The number of aliphatic hydroxyl groups is 1. The summed E-state index contributed by atoms with van der Waals surface area (Å²) in [6.07, 6.45) is -1.77. The van der Waals surface area contributed by atoms with Gasteiger partial charge in [-0.25, -0.2) is 0 Å². The lowest BCUT2D eigenvalue weighted by atomic mass is 9.83. The highest BCUT2D eigenvalue weighted by Crippen LogP contribution is 2.34. The molecule has 2 fully saturated rings. The molecule has 1 amide bonds. The molecule has 0 spiro atoms. The molecule has 10 heteroatoms. The molecule has 33 heavy (non-hydrogen) atoms. The standard InChI is InChI=1S/C23H29ClF3N3O3/c24-16-3-6-18-19(13-16)33-29-20(18)15-8-11-30(12-9-15)10-7-14-1-4-17(5-2-14)28-22(32)21(31)23(25,26)27/h3,6,13-15,17,21,31H,1-2,4-5,7-12H2,(H,28,32). The first-order valence-electron chi connectivity index (χ1n) is 11.5. The zero-order valence-electron chi connectivity index (χ0n) is 18.3. The molecule has 0 bridgehead atoms. The van der Waals surface area contributed by atoms with Crippen LogP contribution < -0.4 is 5.32 Å². The molecular formula is C23H29ClF3N3O3. The van der Waals surface area contributed by atoms with Crippen molar-refractivity contribution in [3.8, 4) is 0 Å². The number of amides is 1. The third kappa shape index (κ3) is 6.00. The number of likely N-dealkylation sites (tertiary alicyclic amines) is 1. The number of hydrogen-bond acceptors (Lipinski definition) is 5. The lowest BCUT2D eigenvalue weighted by molar-refractivity contribution is -0.205. The number of aromatic nitrogens is 1. The van der Waals surface area contributed by atoms with Crippen molar-refractivity contribution in [3.63, 3.8) is 0 Å². The Balaban J connectivity index is 1.17. The molecule has 1 unspecified atom stereocenters. The molecule has 1 aromatic heterocycles. The van der Waals surface area contributed by atoms with Crippen molar-refractivity contribution in [2.45, 2.75) is 69.2 Å². The molecule has 0 radical (unpaired) electrons. The summed E-state index contributed by atoms with van der Waals surface area (Å²) in [6.45, 7) is 2.98. The van der Waals surface area contributed by atoms with Crippen LogP contribution in [-0.4, -0.2) is 59.0 Å². The molecule has 1 saturated carbocycles. The maximum Gasteiger partial charge on any atom is 0.423 e. The fourth-order valence-electron chi connectivity index (χ4n) is 5.04. The van der Waals surface area contributed by atoms with E-state index in [4.69, 9.17) is 21.2 Å². The number of benzene rings is 1. The van der Waals surface area contributed by atoms with Crippen molar-refractivity contribution in [1.29, 1.82) is 0 Å². The summed E-state index contributed by atoms with van der Waals surface area (Å²) in [6, 6.07) is 5.33. The van der Waals surface area contributed by atoms with E-state index in [1.165, 1.54) is 0 Å². The van der Waals surface area contributed by atoms with E-state index in [0.717, 1.165) is 68.4 Å². The van der Waals surface area contributed by atoms with Gasteiger partial charge in [0.2, 0.25) is 6.10 Å². The molecule has 182 valence electrons. The Labute approximate surface area is 195 Å². The average Bonchev–Trinajstić information content (AvgIpc) is 3.20. The monoisotopic (exact) mass is 487 g/mol. The molecule has 1 atom stereocenters. The first-order chi connectivity index (χ1) is 15.7. The molecule has 2 heterocycles. The maximum absolute atomic E-state index is 12.5. The number of piperidine rings is 1. The van der Waals surface area contributed by atoms with Crippen LogP contribution in [0.2, 0.25) is 5.02 Å². The fraction of sp³-hybridized carbons (Fsp3) is 0.652. The van der Waals surface area contributed by atoms with Crippen molar-refractivity contribution in [2.75, 3.05) is 19.6 Å². The number of halogens is 4. The molecule has 1 aromatic carbocycles. The minimum atomic E-state index is -4.93. The normalized spacial score (nSPS) is 24.2. The molecule has 6 nitrogen and oxygen atoms in total. The van der Waals surface area contributed by atoms with Gasteiger partial charge in [0.15, 0.2) is 5.58 Å². The van der Waals surface area contributed by atoms with Gasteiger partial charge in [-0.2, -0.15) is 13.2 Å². The minimum absolute atomic E-state index is 0.298. The number of carbonyl (C=O) groups is 1. The highest BCUT2D eigenvalue weighted by Gasteiger charge is 2.44.